The van der Waals surface area contributed by atoms with Gasteiger partial charge in [0.2, 0.25) is 0 Å². The predicted molar refractivity (Wildman–Crippen MR) is 94.1 cm³/mol. The van der Waals surface area contributed by atoms with Gasteiger partial charge in [0.05, 0.1) is 4.92 Å². The second kappa shape index (κ2) is 7.34. The summed E-state index contributed by atoms with van der Waals surface area (Å²) >= 11 is 0. The van der Waals surface area contributed by atoms with Gasteiger partial charge in [-0.25, -0.2) is 4.79 Å². The number of carbonyl (C=O) groups excluding carboxylic acids is 1. The Kier molecular flexibility index (Phi) is 5.41. The molecule has 0 unspecified atom stereocenters. The smallest absolute Gasteiger partial charge is 0.349 e. The van der Waals surface area contributed by atoms with Crippen molar-refractivity contribution in [2.24, 2.45) is 0 Å². The standard InChI is InChI=1S/C19H21NO5/c1-13-11-16(9-10-17(13)20(22)23)24-12-18(21)25-15-7-5-14(6-8-15)19(2,3)4/h5-11H,12H2,1-4H3. The number of esters is 1. The van der Waals surface area contributed by atoms with E-state index in [1.807, 2.05) is 12.1 Å². The number of nitrogens with zero attached hydrogens (tertiary/aromatic N) is 1. The molecule has 0 aliphatic heterocycles. The molecule has 6 heteroatoms. The van der Waals surface area contributed by atoms with Crippen LogP contribution in [0.15, 0.2) is 42.5 Å². The summed E-state index contributed by atoms with van der Waals surface area (Å²) in [6, 6.07) is 11.6. The van der Waals surface area contributed by atoms with E-state index in [-0.39, 0.29) is 17.7 Å². The maximum absolute atomic E-state index is 11.9. The van der Waals surface area contributed by atoms with Crippen molar-refractivity contribution in [2.75, 3.05) is 6.61 Å². The molecule has 25 heavy (non-hydrogen) atoms. The van der Waals surface area contributed by atoms with E-state index in [2.05, 4.69) is 20.8 Å². The van der Waals surface area contributed by atoms with Crippen LogP contribution in [0.1, 0.15) is 31.9 Å². The maximum atomic E-state index is 11.9. The first-order valence-corrected chi connectivity index (χ1v) is 7.86. The number of rotatable bonds is 5. The summed E-state index contributed by atoms with van der Waals surface area (Å²) in [6.45, 7) is 7.65. The number of aryl methyl sites for hydroxylation is 1. The van der Waals surface area contributed by atoms with Crippen LogP contribution in [-0.4, -0.2) is 17.5 Å². The van der Waals surface area contributed by atoms with E-state index in [0.29, 0.717) is 17.1 Å². The molecule has 0 aliphatic carbocycles. The topological polar surface area (TPSA) is 78.7 Å². The fraction of sp³-hybridized carbons (Fsp3) is 0.316. The molecule has 0 bridgehead atoms. The van der Waals surface area contributed by atoms with Crippen LogP contribution < -0.4 is 9.47 Å². The van der Waals surface area contributed by atoms with E-state index in [9.17, 15) is 14.9 Å². The Hall–Kier alpha value is -2.89. The molecule has 0 amide bonds. The first-order valence-electron chi connectivity index (χ1n) is 7.86. The number of nitro groups is 1. The SMILES string of the molecule is Cc1cc(OCC(=O)Oc2ccc(C(C)(C)C)cc2)ccc1[N+](=O)[O-]. The van der Waals surface area contributed by atoms with Crippen molar-refractivity contribution in [2.45, 2.75) is 33.1 Å². The average Bonchev–Trinajstić information content (AvgIpc) is 2.52. The molecule has 0 saturated heterocycles. The highest BCUT2D eigenvalue weighted by atomic mass is 16.6. The molecule has 0 spiro atoms. The molecule has 0 aromatic heterocycles. The average molecular weight is 343 g/mol. The van der Waals surface area contributed by atoms with Gasteiger partial charge in [-0.1, -0.05) is 32.9 Å². The van der Waals surface area contributed by atoms with Crippen LogP contribution in [0.3, 0.4) is 0 Å². The van der Waals surface area contributed by atoms with Crippen LogP contribution in [0.2, 0.25) is 0 Å². The van der Waals surface area contributed by atoms with E-state index in [0.717, 1.165) is 5.56 Å². The Labute approximate surface area is 146 Å². The normalized spacial score (nSPS) is 11.0. The molecule has 0 heterocycles. The van der Waals surface area contributed by atoms with Crippen molar-refractivity contribution < 1.29 is 19.2 Å². The maximum Gasteiger partial charge on any atom is 0.349 e. The van der Waals surface area contributed by atoms with Crippen molar-refractivity contribution >= 4 is 11.7 Å². The van der Waals surface area contributed by atoms with E-state index >= 15 is 0 Å². The van der Waals surface area contributed by atoms with Gasteiger partial charge in [0.25, 0.3) is 5.69 Å². The summed E-state index contributed by atoms with van der Waals surface area (Å²) in [6.07, 6.45) is 0. The van der Waals surface area contributed by atoms with Gasteiger partial charge >= 0.3 is 5.97 Å². The lowest BCUT2D eigenvalue weighted by molar-refractivity contribution is -0.385. The third-order valence-corrected chi connectivity index (χ3v) is 3.67. The monoisotopic (exact) mass is 343 g/mol. The van der Waals surface area contributed by atoms with Crippen molar-refractivity contribution in [1.82, 2.24) is 0 Å². The second-order valence-corrected chi connectivity index (χ2v) is 6.74. The number of hydrogen-bond acceptors (Lipinski definition) is 5. The predicted octanol–water partition coefficient (Wildman–Crippen LogP) is 4.19. The van der Waals surface area contributed by atoms with Gasteiger partial charge in [0, 0.05) is 11.6 Å². The highest BCUT2D eigenvalue weighted by Gasteiger charge is 2.14. The lowest BCUT2D eigenvalue weighted by Gasteiger charge is -2.19. The van der Waals surface area contributed by atoms with Crippen LogP contribution >= 0.6 is 0 Å². The van der Waals surface area contributed by atoms with Crippen molar-refractivity contribution in [1.29, 1.82) is 0 Å². The van der Waals surface area contributed by atoms with E-state index < -0.39 is 10.9 Å². The lowest BCUT2D eigenvalue weighted by Crippen LogP contribution is -2.18. The zero-order chi connectivity index (χ0) is 18.6. The summed E-state index contributed by atoms with van der Waals surface area (Å²) in [4.78, 5) is 22.2. The molecule has 2 aromatic rings. The molecule has 0 radical (unpaired) electrons. The van der Waals surface area contributed by atoms with Gasteiger partial charge in [-0.2, -0.15) is 0 Å². The molecule has 0 fully saturated rings. The Balaban J connectivity index is 1.92. The first kappa shape index (κ1) is 18.4. The van der Waals surface area contributed by atoms with Crippen LogP contribution in [0.4, 0.5) is 5.69 Å². The third-order valence-electron chi connectivity index (χ3n) is 3.67. The highest BCUT2D eigenvalue weighted by molar-refractivity contribution is 5.74. The number of carbonyl (C=O) groups is 1. The van der Waals surface area contributed by atoms with Crippen LogP contribution in [-0.2, 0) is 10.2 Å². The van der Waals surface area contributed by atoms with Crippen molar-refractivity contribution in [3.05, 3.63) is 63.7 Å². The fourth-order valence-electron chi connectivity index (χ4n) is 2.25. The largest absolute Gasteiger partial charge is 0.482 e. The van der Waals surface area contributed by atoms with E-state index in [1.54, 1.807) is 19.1 Å². The van der Waals surface area contributed by atoms with Crippen LogP contribution in [0, 0.1) is 17.0 Å². The van der Waals surface area contributed by atoms with Gasteiger partial charge in [-0.3, -0.25) is 10.1 Å². The van der Waals surface area contributed by atoms with Crippen LogP contribution in [0.5, 0.6) is 11.5 Å². The van der Waals surface area contributed by atoms with Crippen LogP contribution in [0.25, 0.3) is 0 Å². The highest BCUT2D eigenvalue weighted by Crippen LogP contribution is 2.25. The van der Waals surface area contributed by atoms with Gasteiger partial charge in [0.15, 0.2) is 6.61 Å². The van der Waals surface area contributed by atoms with E-state index in [4.69, 9.17) is 9.47 Å². The summed E-state index contributed by atoms with van der Waals surface area (Å²) in [5, 5.41) is 10.8. The zero-order valence-electron chi connectivity index (χ0n) is 14.7. The number of nitro benzene ring substituents is 1. The molecule has 0 saturated carbocycles. The summed E-state index contributed by atoms with van der Waals surface area (Å²) in [7, 11) is 0. The number of hydrogen-bond donors (Lipinski definition) is 0. The van der Waals surface area contributed by atoms with Gasteiger partial charge in [-0.05, 0) is 42.2 Å². The molecular formula is C19H21NO5. The quantitative estimate of drug-likeness (QED) is 0.352. The summed E-state index contributed by atoms with van der Waals surface area (Å²) < 4.78 is 10.6. The molecule has 0 aliphatic rings. The second-order valence-electron chi connectivity index (χ2n) is 6.74. The first-order chi connectivity index (χ1) is 11.7. The van der Waals surface area contributed by atoms with Crippen molar-refractivity contribution in [3.63, 3.8) is 0 Å². The summed E-state index contributed by atoms with van der Waals surface area (Å²) in [5.41, 5.74) is 1.65. The molecule has 132 valence electrons. The number of benzene rings is 2. The molecule has 0 atom stereocenters. The van der Waals surface area contributed by atoms with Gasteiger partial charge in [-0.15, -0.1) is 0 Å². The third kappa shape index (κ3) is 5.04. The molecular weight excluding hydrogens is 322 g/mol. The Bertz CT molecular complexity index is 775. The van der Waals surface area contributed by atoms with Crippen molar-refractivity contribution in [3.8, 4) is 11.5 Å². The molecule has 2 rings (SSSR count). The Morgan fingerprint density at radius 3 is 2.20 bits per heavy atom. The minimum absolute atomic E-state index is 0.00821. The Morgan fingerprint density at radius 1 is 1.08 bits per heavy atom. The summed E-state index contributed by atoms with van der Waals surface area (Å²) in [5.74, 6) is 0.282. The van der Waals surface area contributed by atoms with Gasteiger partial charge < -0.3 is 9.47 Å². The molecule has 0 N–H and O–H groups in total. The lowest BCUT2D eigenvalue weighted by atomic mass is 9.87. The van der Waals surface area contributed by atoms with Gasteiger partial charge in [0.1, 0.15) is 11.5 Å². The molecule has 2 aromatic carbocycles. The minimum Gasteiger partial charge on any atom is -0.482 e. The zero-order valence-corrected chi connectivity index (χ0v) is 14.7. The fourth-order valence-corrected chi connectivity index (χ4v) is 2.25. The number of ether oxygens (including phenoxy) is 2. The molecule has 6 nitrogen and oxygen atoms in total. The Morgan fingerprint density at radius 2 is 1.68 bits per heavy atom. The minimum atomic E-state index is -0.542. The van der Waals surface area contributed by atoms with E-state index in [1.165, 1.54) is 18.2 Å².